The number of aliphatic carboxylic acids is 1. The number of alkyl halides is 2. The second-order valence-corrected chi connectivity index (χ2v) is 4.30. The summed E-state index contributed by atoms with van der Waals surface area (Å²) in [4.78, 5) is 10.7. The highest BCUT2D eigenvalue weighted by atomic mass is 19.3. The van der Waals surface area contributed by atoms with E-state index < -0.39 is 11.9 Å². The molecule has 0 amide bonds. The van der Waals surface area contributed by atoms with Gasteiger partial charge >= 0.3 is 5.97 Å². The molecule has 0 bridgehead atoms. The van der Waals surface area contributed by atoms with Crippen molar-refractivity contribution in [1.29, 1.82) is 0 Å². The number of carbonyl (C=O) groups is 1. The number of hydrogen-bond donors (Lipinski definition) is 1. The molecular formula is C12H12F2O2. The van der Waals surface area contributed by atoms with Gasteiger partial charge in [-0.1, -0.05) is 24.3 Å². The summed E-state index contributed by atoms with van der Waals surface area (Å²) < 4.78 is 25.8. The SMILES string of the molecule is CC(F)(F)c1ccc(C2CC2C(=O)O)cc1. The first kappa shape index (κ1) is 11.0. The Balaban J connectivity index is 2.13. The zero-order chi connectivity index (χ0) is 11.9. The maximum Gasteiger partial charge on any atom is 0.307 e. The molecule has 2 atom stereocenters. The van der Waals surface area contributed by atoms with E-state index in [0.717, 1.165) is 12.5 Å². The van der Waals surface area contributed by atoms with E-state index in [1.165, 1.54) is 12.1 Å². The van der Waals surface area contributed by atoms with Crippen LogP contribution in [0.15, 0.2) is 24.3 Å². The molecule has 0 radical (unpaired) electrons. The van der Waals surface area contributed by atoms with Crippen LogP contribution in [-0.2, 0) is 10.7 Å². The summed E-state index contributed by atoms with van der Waals surface area (Å²) in [6.07, 6.45) is 0.608. The molecule has 1 saturated carbocycles. The van der Waals surface area contributed by atoms with Gasteiger partial charge < -0.3 is 5.11 Å². The number of benzene rings is 1. The number of carboxylic acid groups (broad SMARTS) is 1. The van der Waals surface area contributed by atoms with Crippen LogP contribution < -0.4 is 0 Å². The van der Waals surface area contributed by atoms with E-state index in [0.29, 0.717) is 6.42 Å². The predicted molar refractivity (Wildman–Crippen MR) is 54.5 cm³/mol. The van der Waals surface area contributed by atoms with Crippen LogP contribution in [0.2, 0.25) is 0 Å². The molecule has 0 spiro atoms. The first-order chi connectivity index (χ1) is 7.39. The molecule has 2 rings (SSSR count). The molecule has 0 saturated heterocycles. The Kier molecular flexibility index (Phi) is 2.45. The van der Waals surface area contributed by atoms with Crippen molar-refractivity contribution >= 4 is 5.97 Å². The molecule has 0 aliphatic heterocycles. The summed E-state index contributed by atoms with van der Waals surface area (Å²) in [5.41, 5.74) is 0.796. The molecule has 2 unspecified atom stereocenters. The molecule has 1 N–H and O–H groups in total. The van der Waals surface area contributed by atoms with E-state index in [1.54, 1.807) is 12.1 Å². The minimum absolute atomic E-state index is 0.00275. The van der Waals surface area contributed by atoms with Gasteiger partial charge in [-0.25, -0.2) is 8.78 Å². The highest BCUT2D eigenvalue weighted by Crippen LogP contribution is 2.47. The highest BCUT2D eigenvalue weighted by Gasteiger charge is 2.44. The van der Waals surface area contributed by atoms with E-state index in [9.17, 15) is 13.6 Å². The molecule has 0 heterocycles. The summed E-state index contributed by atoms with van der Waals surface area (Å²) in [7, 11) is 0. The third-order valence-electron chi connectivity index (χ3n) is 2.95. The number of halogens is 2. The zero-order valence-corrected chi connectivity index (χ0v) is 8.78. The van der Waals surface area contributed by atoms with E-state index in [4.69, 9.17) is 5.11 Å². The average Bonchev–Trinajstić information content (AvgIpc) is 2.96. The number of rotatable bonds is 3. The summed E-state index contributed by atoms with van der Waals surface area (Å²) in [5.74, 6) is -3.99. The highest BCUT2D eigenvalue weighted by molar-refractivity contribution is 5.75. The van der Waals surface area contributed by atoms with Gasteiger partial charge in [0.05, 0.1) is 5.92 Å². The molecule has 2 nitrogen and oxygen atoms in total. The molecule has 1 aliphatic rings. The van der Waals surface area contributed by atoms with Crippen molar-refractivity contribution in [3.63, 3.8) is 0 Å². The molecule has 1 aromatic carbocycles. The lowest BCUT2D eigenvalue weighted by molar-refractivity contribution is -0.138. The van der Waals surface area contributed by atoms with Crippen LogP contribution in [-0.4, -0.2) is 11.1 Å². The van der Waals surface area contributed by atoms with Gasteiger partial charge in [-0.15, -0.1) is 0 Å². The van der Waals surface area contributed by atoms with E-state index in [1.807, 2.05) is 0 Å². The fourth-order valence-corrected chi connectivity index (χ4v) is 1.86. The van der Waals surface area contributed by atoms with Crippen LogP contribution in [0.3, 0.4) is 0 Å². The summed E-state index contributed by atoms with van der Waals surface area (Å²) in [6.45, 7) is 0.846. The van der Waals surface area contributed by atoms with Gasteiger partial charge in [-0.2, -0.15) is 0 Å². The maximum atomic E-state index is 12.9. The number of hydrogen-bond acceptors (Lipinski definition) is 1. The Morgan fingerprint density at radius 2 is 1.94 bits per heavy atom. The lowest BCUT2D eigenvalue weighted by Gasteiger charge is -2.10. The number of carboxylic acids is 1. The molecule has 86 valence electrons. The van der Waals surface area contributed by atoms with Crippen molar-refractivity contribution in [2.45, 2.75) is 25.2 Å². The standard InChI is InChI=1S/C12H12F2O2/c1-12(13,14)8-4-2-7(3-5-8)9-6-10(9)11(15)16/h2-5,9-10H,6H2,1H3,(H,15,16). The normalized spacial score (nSPS) is 24.2. The first-order valence-electron chi connectivity index (χ1n) is 5.10. The van der Waals surface area contributed by atoms with Gasteiger partial charge in [0.1, 0.15) is 0 Å². The molecular weight excluding hydrogens is 214 g/mol. The summed E-state index contributed by atoms with van der Waals surface area (Å²) >= 11 is 0. The van der Waals surface area contributed by atoms with Crippen molar-refractivity contribution < 1.29 is 18.7 Å². The van der Waals surface area contributed by atoms with Crippen LogP contribution in [0, 0.1) is 5.92 Å². The van der Waals surface area contributed by atoms with Crippen LogP contribution in [0.1, 0.15) is 30.4 Å². The second-order valence-electron chi connectivity index (χ2n) is 4.30. The van der Waals surface area contributed by atoms with Crippen molar-refractivity contribution in [3.05, 3.63) is 35.4 Å². The van der Waals surface area contributed by atoms with Gasteiger partial charge in [0, 0.05) is 12.5 Å². The van der Waals surface area contributed by atoms with Crippen LogP contribution >= 0.6 is 0 Å². The second kappa shape index (κ2) is 3.54. The zero-order valence-electron chi connectivity index (χ0n) is 8.78. The minimum Gasteiger partial charge on any atom is -0.481 e. The van der Waals surface area contributed by atoms with E-state index >= 15 is 0 Å². The largest absolute Gasteiger partial charge is 0.481 e. The van der Waals surface area contributed by atoms with Gasteiger partial charge in [-0.05, 0) is 17.9 Å². The Morgan fingerprint density at radius 1 is 1.38 bits per heavy atom. The molecule has 4 heteroatoms. The van der Waals surface area contributed by atoms with Crippen molar-refractivity contribution in [1.82, 2.24) is 0 Å². The van der Waals surface area contributed by atoms with Gasteiger partial charge in [0.25, 0.3) is 5.92 Å². The monoisotopic (exact) mass is 226 g/mol. The van der Waals surface area contributed by atoms with Gasteiger partial charge in [0.2, 0.25) is 0 Å². The Labute approximate surface area is 91.9 Å². The molecule has 0 aromatic heterocycles. The van der Waals surface area contributed by atoms with E-state index in [-0.39, 0.29) is 17.4 Å². The van der Waals surface area contributed by atoms with E-state index in [2.05, 4.69) is 0 Å². The molecule has 1 aliphatic carbocycles. The fourth-order valence-electron chi connectivity index (χ4n) is 1.86. The van der Waals surface area contributed by atoms with Gasteiger partial charge in [0.15, 0.2) is 0 Å². The average molecular weight is 226 g/mol. The minimum atomic E-state index is -2.84. The molecule has 16 heavy (non-hydrogen) atoms. The van der Waals surface area contributed by atoms with Crippen molar-refractivity contribution in [2.24, 2.45) is 5.92 Å². The smallest absolute Gasteiger partial charge is 0.307 e. The molecule has 1 aromatic rings. The third-order valence-corrected chi connectivity index (χ3v) is 2.95. The topological polar surface area (TPSA) is 37.3 Å². The molecule has 1 fully saturated rings. The lowest BCUT2D eigenvalue weighted by atomic mass is 10.0. The maximum absolute atomic E-state index is 12.9. The van der Waals surface area contributed by atoms with Crippen LogP contribution in [0.25, 0.3) is 0 Å². The predicted octanol–water partition coefficient (Wildman–Crippen LogP) is 2.99. The van der Waals surface area contributed by atoms with Crippen LogP contribution in [0.5, 0.6) is 0 Å². The quantitative estimate of drug-likeness (QED) is 0.860. The first-order valence-corrected chi connectivity index (χ1v) is 5.10. The van der Waals surface area contributed by atoms with Gasteiger partial charge in [-0.3, -0.25) is 4.79 Å². The third kappa shape index (κ3) is 2.05. The van der Waals surface area contributed by atoms with Crippen molar-refractivity contribution in [3.8, 4) is 0 Å². The van der Waals surface area contributed by atoms with Crippen molar-refractivity contribution in [2.75, 3.05) is 0 Å². The Morgan fingerprint density at radius 3 is 2.31 bits per heavy atom. The fraction of sp³-hybridized carbons (Fsp3) is 0.417. The Hall–Kier alpha value is -1.45. The Bertz CT molecular complexity index is 406. The lowest BCUT2D eigenvalue weighted by Crippen LogP contribution is -2.06. The van der Waals surface area contributed by atoms with Crippen LogP contribution in [0.4, 0.5) is 8.78 Å². The summed E-state index contributed by atoms with van der Waals surface area (Å²) in [6, 6.07) is 5.93. The summed E-state index contributed by atoms with van der Waals surface area (Å²) in [5, 5.41) is 8.75.